The molecule has 2 aliphatic heterocycles. The van der Waals surface area contributed by atoms with Crippen LogP contribution in [0.1, 0.15) is 61.1 Å². The predicted molar refractivity (Wildman–Crippen MR) is 226 cm³/mol. The first-order valence-corrected chi connectivity index (χ1v) is 20.3. The molecule has 5 aromatic carbocycles. The summed E-state index contributed by atoms with van der Waals surface area (Å²) in [5.41, 5.74) is 1.42. The summed E-state index contributed by atoms with van der Waals surface area (Å²) in [6.45, 7) is 12.6. The van der Waals surface area contributed by atoms with Crippen molar-refractivity contribution in [3.8, 4) is 0 Å². The first-order chi connectivity index (χ1) is 28.8. The van der Waals surface area contributed by atoms with Crippen molar-refractivity contribution >= 4 is 18.2 Å². The molecule has 2 fully saturated rings. The molecular formula is C49H52BF3O7. The summed E-state index contributed by atoms with van der Waals surface area (Å²) >= 11 is 0. The van der Waals surface area contributed by atoms with E-state index in [2.05, 4.69) is 6.58 Å². The third kappa shape index (κ3) is 10.5. The largest absolute Gasteiger partial charge is 0.494 e. The molecular weight excluding hydrogens is 768 g/mol. The molecule has 0 bridgehead atoms. The average molecular weight is 821 g/mol. The summed E-state index contributed by atoms with van der Waals surface area (Å²) in [6, 6.07) is 42.8. The minimum absolute atomic E-state index is 0.0434. The SMILES string of the molecule is C=C(c1ccc(B2OC(C)(C)C(C)(C)O2)cc1C(F)(F)F)[C@H]1O[C@H](COCc2ccccc2)[C@@H](OCc2ccccc2)[C@H](OCc2ccccc2)[C@@H]1OCc1ccccc1. The van der Waals surface area contributed by atoms with Crippen LogP contribution in [0.25, 0.3) is 5.57 Å². The van der Waals surface area contributed by atoms with E-state index in [1.807, 2.05) is 149 Å². The highest BCUT2D eigenvalue weighted by Gasteiger charge is 2.53. The van der Waals surface area contributed by atoms with Crippen LogP contribution in [0.3, 0.4) is 0 Å². The van der Waals surface area contributed by atoms with Gasteiger partial charge < -0.3 is 33.0 Å². The van der Waals surface area contributed by atoms with E-state index in [0.29, 0.717) is 0 Å². The summed E-state index contributed by atoms with van der Waals surface area (Å²) in [4.78, 5) is 0. The highest BCUT2D eigenvalue weighted by Crippen LogP contribution is 2.42. The Labute approximate surface area is 351 Å². The van der Waals surface area contributed by atoms with Crippen LogP contribution in [0.15, 0.2) is 146 Å². The second-order valence-corrected chi connectivity index (χ2v) is 16.3. The number of benzene rings is 5. The fourth-order valence-electron chi connectivity index (χ4n) is 7.43. The maximum Gasteiger partial charge on any atom is 0.494 e. The molecule has 5 aromatic rings. The molecule has 0 aliphatic carbocycles. The number of hydrogen-bond donors (Lipinski definition) is 0. The van der Waals surface area contributed by atoms with Crippen LogP contribution >= 0.6 is 0 Å². The average Bonchev–Trinajstić information content (AvgIpc) is 3.47. The van der Waals surface area contributed by atoms with Gasteiger partial charge in [0, 0.05) is 0 Å². The molecule has 0 spiro atoms. The highest BCUT2D eigenvalue weighted by molar-refractivity contribution is 6.62. The van der Waals surface area contributed by atoms with E-state index in [1.165, 1.54) is 6.07 Å². The Morgan fingerprint density at radius 3 is 1.50 bits per heavy atom. The number of alkyl halides is 3. The minimum atomic E-state index is -4.77. The van der Waals surface area contributed by atoms with Gasteiger partial charge in [-0.15, -0.1) is 0 Å². The van der Waals surface area contributed by atoms with Gasteiger partial charge >= 0.3 is 13.3 Å². The zero-order valence-electron chi connectivity index (χ0n) is 34.5. The lowest BCUT2D eigenvalue weighted by atomic mass is 9.76. The fourth-order valence-corrected chi connectivity index (χ4v) is 7.43. The van der Waals surface area contributed by atoms with Crippen molar-refractivity contribution < 1.29 is 46.2 Å². The van der Waals surface area contributed by atoms with Gasteiger partial charge in [0.2, 0.25) is 0 Å². The molecule has 0 unspecified atom stereocenters. The van der Waals surface area contributed by atoms with Crippen molar-refractivity contribution in [3.63, 3.8) is 0 Å². The summed E-state index contributed by atoms with van der Waals surface area (Å²) in [7, 11) is -1.00. The molecule has 11 heteroatoms. The van der Waals surface area contributed by atoms with Gasteiger partial charge in [-0.3, -0.25) is 0 Å². The number of rotatable bonds is 16. The molecule has 0 radical (unpaired) electrons. The third-order valence-corrected chi connectivity index (χ3v) is 11.4. The maximum absolute atomic E-state index is 15.3. The van der Waals surface area contributed by atoms with Gasteiger partial charge in [-0.2, -0.15) is 13.2 Å². The summed E-state index contributed by atoms with van der Waals surface area (Å²) < 4.78 is 91.6. The van der Waals surface area contributed by atoms with E-state index in [9.17, 15) is 0 Å². The van der Waals surface area contributed by atoms with Gasteiger partial charge in [0.1, 0.15) is 30.5 Å². The van der Waals surface area contributed by atoms with Crippen LogP contribution in [0.4, 0.5) is 13.2 Å². The van der Waals surface area contributed by atoms with E-state index in [4.69, 9.17) is 33.0 Å². The van der Waals surface area contributed by atoms with Crippen molar-refractivity contribution in [2.75, 3.05) is 6.61 Å². The lowest BCUT2D eigenvalue weighted by Gasteiger charge is -2.47. The van der Waals surface area contributed by atoms with Crippen LogP contribution in [0.5, 0.6) is 0 Å². The fraction of sp³-hybridized carbons (Fsp3) is 0.347. The van der Waals surface area contributed by atoms with Crippen molar-refractivity contribution in [1.29, 1.82) is 0 Å². The third-order valence-electron chi connectivity index (χ3n) is 11.4. The van der Waals surface area contributed by atoms with E-state index in [0.717, 1.165) is 28.3 Å². The molecule has 0 saturated carbocycles. The smallest absolute Gasteiger partial charge is 0.399 e. The van der Waals surface area contributed by atoms with Crippen LogP contribution < -0.4 is 5.46 Å². The molecule has 0 amide bonds. The van der Waals surface area contributed by atoms with E-state index in [-0.39, 0.29) is 49.6 Å². The number of halogens is 3. The predicted octanol–water partition coefficient (Wildman–Crippen LogP) is 9.76. The van der Waals surface area contributed by atoms with Crippen molar-refractivity contribution in [2.45, 2.75) is 102 Å². The maximum atomic E-state index is 15.3. The minimum Gasteiger partial charge on any atom is -0.399 e. The molecule has 0 N–H and O–H groups in total. The second kappa shape index (κ2) is 19.0. The molecule has 314 valence electrons. The summed E-state index contributed by atoms with van der Waals surface area (Å²) in [6.07, 6.45) is -9.30. The Morgan fingerprint density at radius 2 is 1.03 bits per heavy atom. The van der Waals surface area contributed by atoms with Crippen LogP contribution in [-0.4, -0.2) is 55.4 Å². The van der Waals surface area contributed by atoms with E-state index in [1.54, 1.807) is 6.07 Å². The second-order valence-electron chi connectivity index (χ2n) is 16.3. The standard InChI is InChI=1S/C49H52BF3O7/c1-34(40-27-26-39(28-41(40)49(51,52)53)50-59-47(2,3)48(4,5)60-50)43-45(56-31-37-22-14-8-15-23-37)46(57-32-38-24-16-9-17-25-38)44(55-30-36-20-12-7-13-21-36)42(58-43)33-54-29-35-18-10-6-11-19-35/h6-28,42-46H,1,29-33H2,2-5H3/t42-,43-,44-,45-,46+/m1/s1. The van der Waals surface area contributed by atoms with Gasteiger partial charge in [0.25, 0.3) is 0 Å². The summed E-state index contributed by atoms with van der Waals surface area (Å²) in [5, 5.41) is 0. The highest BCUT2D eigenvalue weighted by atomic mass is 19.4. The first-order valence-electron chi connectivity index (χ1n) is 20.3. The Kier molecular flexibility index (Phi) is 13.8. The lowest BCUT2D eigenvalue weighted by molar-refractivity contribution is -0.261. The molecule has 2 heterocycles. The molecule has 0 aromatic heterocycles. The number of ether oxygens (including phenoxy) is 5. The zero-order chi connectivity index (χ0) is 42.3. The van der Waals surface area contributed by atoms with Gasteiger partial charge in [0.15, 0.2) is 0 Å². The van der Waals surface area contributed by atoms with Crippen molar-refractivity contribution in [3.05, 3.63) is 179 Å². The number of hydrogen-bond acceptors (Lipinski definition) is 7. The van der Waals surface area contributed by atoms with Crippen LogP contribution in [-0.2, 0) is 65.6 Å². The molecule has 2 aliphatic rings. The van der Waals surface area contributed by atoms with Gasteiger partial charge in [-0.1, -0.05) is 140 Å². The van der Waals surface area contributed by atoms with Gasteiger partial charge in [-0.25, -0.2) is 0 Å². The Hall–Kier alpha value is -4.59. The quantitative estimate of drug-likeness (QED) is 0.0920. The van der Waals surface area contributed by atoms with E-state index < -0.39 is 60.6 Å². The Bertz CT molecular complexity index is 2120. The Balaban J connectivity index is 1.29. The molecule has 7 rings (SSSR count). The molecule has 60 heavy (non-hydrogen) atoms. The van der Waals surface area contributed by atoms with E-state index >= 15 is 13.2 Å². The normalized spacial score (nSPS) is 22.4. The first kappa shape index (κ1) is 43.5. The lowest BCUT2D eigenvalue weighted by Crippen LogP contribution is -2.61. The molecule has 2 saturated heterocycles. The Morgan fingerprint density at radius 1 is 0.600 bits per heavy atom. The molecule has 7 nitrogen and oxygen atoms in total. The zero-order valence-corrected chi connectivity index (χ0v) is 34.5. The summed E-state index contributed by atoms with van der Waals surface area (Å²) in [5.74, 6) is 0. The van der Waals surface area contributed by atoms with Crippen molar-refractivity contribution in [2.24, 2.45) is 0 Å². The van der Waals surface area contributed by atoms with Gasteiger partial charge in [-0.05, 0) is 72.6 Å². The van der Waals surface area contributed by atoms with Crippen molar-refractivity contribution in [1.82, 2.24) is 0 Å². The molecule has 5 atom stereocenters. The topological polar surface area (TPSA) is 64.6 Å². The van der Waals surface area contributed by atoms with Gasteiger partial charge in [0.05, 0.1) is 49.8 Å². The van der Waals surface area contributed by atoms with Crippen LogP contribution in [0.2, 0.25) is 0 Å². The van der Waals surface area contributed by atoms with Crippen LogP contribution in [0, 0.1) is 0 Å². The monoisotopic (exact) mass is 820 g/mol.